The number of nitrogens with zero attached hydrogens (tertiary/aromatic N) is 3. The molecule has 2 aliphatic rings. The topological polar surface area (TPSA) is 67.7 Å². The number of aliphatic hydroxyl groups is 1. The lowest BCUT2D eigenvalue weighted by Gasteiger charge is -2.43. The molecule has 6 nitrogen and oxygen atoms in total. The van der Waals surface area contributed by atoms with E-state index in [0.29, 0.717) is 24.4 Å². The van der Waals surface area contributed by atoms with Crippen LogP contribution in [0, 0.1) is 0 Å². The van der Waals surface area contributed by atoms with Crippen LogP contribution in [0.4, 0.5) is 13.2 Å². The lowest BCUT2D eigenvalue weighted by molar-refractivity contribution is -0.210. The van der Waals surface area contributed by atoms with Crippen molar-refractivity contribution in [2.45, 2.75) is 43.7 Å². The first-order valence-corrected chi connectivity index (χ1v) is 11.6. The number of hydrogen-bond donors (Lipinski definition) is 1. The molecular weight excluding hydrogens is 471 g/mol. The SMILES string of the molecule is CC1(N(CC2=CC=CC(Oc3ncccn3)C2)CC(O)C(F)(F)F)C=CC=C(Oc2ccccc2)C1. The van der Waals surface area contributed by atoms with E-state index in [4.69, 9.17) is 9.47 Å². The summed E-state index contributed by atoms with van der Waals surface area (Å²) in [4.78, 5) is 9.78. The van der Waals surface area contributed by atoms with Gasteiger partial charge in [-0.05, 0) is 37.3 Å². The molecule has 1 N–H and O–H groups in total. The molecule has 1 heterocycles. The molecule has 4 rings (SSSR count). The molecule has 190 valence electrons. The number of aromatic nitrogens is 2. The molecule has 0 radical (unpaired) electrons. The van der Waals surface area contributed by atoms with Crippen molar-refractivity contribution in [1.82, 2.24) is 14.9 Å². The number of alkyl halides is 3. The number of halogens is 3. The Morgan fingerprint density at radius 3 is 2.58 bits per heavy atom. The average Bonchev–Trinajstić information content (AvgIpc) is 2.84. The van der Waals surface area contributed by atoms with E-state index in [9.17, 15) is 18.3 Å². The summed E-state index contributed by atoms with van der Waals surface area (Å²) >= 11 is 0. The standard InChI is InChI=1S/C27H28F3N3O3/c1-26(13-6-12-23(17-26)35-21-9-3-2-4-10-21)33(19-24(34)27(28,29)30)18-20-8-5-11-22(16-20)36-25-31-14-7-15-32-25/h2-15,22,24,34H,16-19H2,1H3. The summed E-state index contributed by atoms with van der Waals surface area (Å²) in [5.41, 5.74) is 0.0360. The van der Waals surface area contributed by atoms with Crippen LogP contribution in [0.1, 0.15) is 19.8 Å². The second kappa shape index (κ2) is 11.1. The van der Waals surface area contributed by atoms with Gasteiger partial charge < -0.3 is 14.6 Å². The number of aliphatic hydroxyl groups excluding tert-OH is 1. The van der Waals surface area contributed by atoms with Crippen molar-refractivity contribution in [1.29, 1.82) is 0 Å². The molecule has 0 aliphatic heterocycles. The Hall–Kier alpha value is -3.43. The summed E-state index contributed by atoms with van der Waals surface area (Å²) in [6, 6.07) is 11.1. The van der Waals surface area contributed by atoms with Crippen LogP contribution in [0.2, 0.25) is 0 Å². The van der Waals surface area contributed by atoms with Crippen LogP contribution < -0.4 is 9.47 Å². The van der Waals surface area contributed by atoms with E-state index in [-0.39, 0.29) is 18.7 Å². The number of hydrogen-bond acceptors (Lipinski definition) is 6. The fourth-order valence-electron chi connectivity index (χ4n) is 4.16. The second-order valence-electron chi connectivity index (χ2n) is 8.98. The van der Waals surface area contributed by atoms with Crippen molar-refractivity contribution in [2.75, 3.05) is 13.1 Å². The minimum absolute atomic E-state index is 0.201. The largest absolute Gasteiger partial charge is 0.462 e. The maximum absolute atomic E-state index is 13.4. The van der Waals surface area contributed by atoms with Crippen molar-refractivity contribution in [2.24, 2.45) is 0 Å². The Labute approximate surface area is 208 Å². The highest BCUT2D eigenvalue weighted by Crippen LogP contribution is 2.34. The molecule has 1 aromatic carbocycles. The average molecular weight is 500 g/mol. The smallest absolute Gasteiger partial charge is 0.415 e. The zero-order valence-corrected chi connectivity index (χ0v) is 19.8. The summed E-state index contributed by atoms with van der Waals surface area (Å²) in [7, 11) is 0. The van der Waals surface area contributed by atoms with Crippen LogP contribution >= 0.6 is 0 Å². The van der Waals surface area contributed by atoms with Gasteiger partial charge in [-0.25, -0.2) is 9.97 Å². The molecule has 36 heavy (non-hydrogen) atoms. The molecule has 0 saturated heterocycles. The lowest BCUT2D eigenvalue weighted by Crippen LogP contribution is -2.52. The number of rotatable bonds is 9. The molecule has 0 fully saturated rings. The molecule has 9 heteroatoms. The van der Waals surface area contributed by atoms with Gasteiger partial charge in [0, 0.05) is 43.9 Å². The van der Waals surface area contributed by atoms with Gasteiger partial charge >= 0.3 is 12.2 Å². The van der Waals surface area contributed by atoms with Gasteiger partial charge in [-0.2, -0.15) is 13.2 Å². The van der Waals surface area contributed by atoms with E-state index >= 15 is 0 Å². The molecule has 3 atom stereocenters. The molecular formula is C27H28F3N3O3. The lowest BCUT2D eigenvalue weighted by atomic mass is 9.88. The van der Waals surface area contributed by atoms with Crippen LogP contribution in [-0.2, 0) is 0 Å². The molecule has 0 saturated carbocycles. The summed E-state index contributed by atoms with van der Waals surface area (Å²) in [5.74, 6) is 1.27. The first kappa shape index (κ1) is 25.7. The van der Waals surface area contributed by atoms with E-state index in [1.165, 1.54) is 0 Å². The predicted octanol–water partition coefficient (Wildman–Crippen LogP) is 5.02. The van der Waals surface area contributed by atoms with Gasteiger partial charge in [-0.3, -0.25) is 4.90 Å². The van der Waals surface area contributed by atoms with Gasteiger partial charge in [-0.1, -0.05) is 48.1 Å². The van der Waals surface area contributed by atoms with Gasteiger partial charge in [-0.15, -0.1) is 0 Å². The van der Waals surface area contributed by atoms with Gasteiger partial charge in [0.25, 0.3) is 0 Å². The van der Waals surface area contributed by atoms with Crippen molar-refractivity contribution in [3.05, 3.63) is 96.6 Å². The van der Waals surface area contributed by atoms with Crippen LogP contribution in [0.3, 0.4) is 0 Å². The number of benzene rings is 1. The fraction of sp³-hybridized carbons (Fsp3) is 0.333. The molecule has 1 aromatic heterocycles. The molecule has 2 aromatic rings. The number of para-hydroxylation sites is 1. The number of β-amino-alcohol motifs (C(OH)–C–C–N with tert-alkyl or cyclic N) is 1. The normalized spacial score (nSPS) is 22.7. The minimum Gasteiger partial charge on any atom is -0.462 e. The predicted molar refractivity (Wildman–Crippen MR) is 129 cm³/mol. The summed E-state index contributed by atoms with van der Waals surface area (Å²) < 4.78 is 51.9. The second-order valence-corrected chi connectivity index (χ2v) is 8.98. The Morgan fingerprint density at radius 2 is 1.86 bits per heavy atom. The van der Waals surface area contributed by atoms with Crippen LogP contribution in [-0.4, -0.2) is 57.0 Å². The molecule has 0 bridgehead atoms. The maximum atomic E-state index is 13.4. The Bertz CT molecular complexity index is 1130. The Morgan fingerprint density at radius 1 is 1.11 bits per heavy atom. The third-order valence-electron chi connectivity index (χ3n) is 6.07. The maximum Gasteiger partial charge on any atom is 0.415 e. The van der Waals surface area contributed by atoms with Gasteiger partial charge in [0.1, 0.15) is 17.6 Å². The Balaban J connectivity index is 1.50. The van der Waals surface area contributed by atoms with Crippen molar-refractivity contribution < 1.29 is 27.8 Å². The monoisotopic (exact) mass is 499 g/mol. The van der Waals surface area contributed by atoms with Crippen molar-refractivity contribution in [3.63, 3.8) is 0 Å². The molecule has 2 aliphatic carbocycles. The third kappa shape index (κ3) is 6.83. The first-order chi connectivity index (χ1) is 17.2. The molecule has 0 spiro atoms. The van der Waals surface area contributed by atoms with E-state index in [2.05, 4.69) is 9.97 Å². The van der Waals surface area contributed by atoms with Crippen LogP contribution in [0.25, 0.3) is 0 Å². The van der Waals surface area contributed by atoms with E-state index in [1.54, 1.807) is 35.5 Å². The summed E-state index contributed by atoms with van der Waals surface area (Å²) in [6.07, 6.45) is 7.33. The quantitative estimate of drug-likeness (QED) is 0.523. The van der Waals surface area contributed by atoms with E-state index < -0.39 is 24.4 Å². The molecule has 3 unspecified atom stereocenters. The molecule has 0 amide bonds. The Kier molecular flexibility index (Phi) is 7.91. The highest BCUT2D eigenvalue weighted by molar-refractivity contribution is 5.30. The van der Waals surface area contributed by atoms with Crippen molar-refractivity contribution in [3.8, 4) is 11.8 Å². The third-order valence-corrected chi connectivity index (χ3v) is 6.07. The van der Waals surface area contributed by atoms with Crippen LogP contribution in [0.5, 0.6) is 11.8 Å². The van der Waals surface area contributed by atoms with Gasteiger partial charge in [0.2, 0.25) is 0 Å². The summed E-state index contributed by atoms with van der Waals surface area (Å²) in [5, 5.41) is 9.97. The van der Waals surface area contributed by atoms with Crippen molar-refractivity contribution >= 4 is 0 Å². The highest BCUT2D eigenvalue weighted by atomic mass is 19.4. The zero-order chi connectivity index (χ0) is 25.6. The van der Waals surface area contributed by atoms with E-state index in [1.807, 2.05) is 61.6 Å². The minimum atomic E-state index is -4.73. The highest BCUT2D eigenvalue weighted by Gasteiger charge is 2.43. The fourth-order valence-corrected chi connectivity index (χ4v) is 4.16. The van der Waals surface area contributed by atoms with Crippen LogP contribution in [0.15, 0.2) is 96.6 Å². The zero-order valence-electron chi connectivity index (χ0n) is 19.8. The number of allylic oxidation sites excluding steroid dienone is 4. The summed E-state index contributed by atoms with van der Waals surface area (Å²) in [6.45, 7) is 1.46. The van der Waals surface area contributed by atoms with Gasteiger partial charge in [0.15, 0.2) is 6.10 Å². The number of ether oxygens (including phenoxy) is 2. The van der Waals surface area contributed by atoms with E-state index in [0.717, 1.165) is 5.57 Å². The van der Waals surface area contributed by atoms with Gasteiger partial charge in [0.05, 0.1) is 0 Å². The first-order valence-electron chi connectivity index (χ1n) is 11.6.